The standard InChI is InChI=1S/C17H24ClNO2/c1-12(2)16(14-3-5-15(18)6-4-14)17(21)19-9-7-13(11-20)8-10-19/h3-6,12-13,16,20H,7-11H2,1-2H3. The fourth-order valence-corrected chi connectivity index (χ4v) is 3.14. The minimum absolute atomic E-state index is 0.118. The van der Waals surface area contributed by atoms with Crippen molar-refractivity contribution in [2.75, 3.05) is 19.7 Å². The molecule has 1 saturated heterocycles. The van der Waals surface area contributed by atoms with Crippen LogP contribution >= 0.6 is 11.6 Å². The van der Waals surface area contributed by atoms with Crippen molar-refractivity contribution in [3.63, 3.8) is 0 Å². The zero-order valence-electron chi connectivity index (χ0n) is 12.8. The zero-order valence-corrected chi connectivity index (χ0v) is 13.5. The topological polar surface area (TPSA) is 40.5 Å². The maximum absolute atomic E-state index is 12.9. The number of amides is 1. The van der Waals surface area contributed by atoms with Crippen LogP contribution in [0.15, 0.2) is 24.3 Å². The van der Waals surface area contributed by atoms with Crippen LogP contribution in [0.5, 0.6) is 0 Å². The first-order valence-electron chi connectivity index (χ1n) is 7.68. The van der Waals surface area contributed by atoms with Crippen LogP contribution in [0.25, 0.3) is 0 Å². The molecule has 1 aromatic carbocycles. The van der Waals surface area contributed by atoms with E-state index in [0.29, 0.717) is 10.9 Å². The highest BCUT2D eigenvalue weighted by molar-refractivity contribution is 6.30. The van der Waals surface area contributed by atoms with Gasteiger partial charge in [-0.05, 0) is 42.4 Å². The quantitative estimate of drug-likeness (QED) is 0.927. The third kappa shape index (κ3) is 3.98. The van der Waals surface area contributed by atoms with Crippen molar-refractivity contribution < 1.29 is 9.90 Å². The number of likely N-dealkylation sites (tertiary alicyclic amines) is 1. The average Bonchev–Trinajstić information content (AvgIpc) is 2.49. The number of halogens is 1. The normalized spacial score (nSPS) is 18.0. The number of carbonyl (C=O) groups is 1. The van der Waals surface area contributed by atoms with Crippen molar-refractivity contribution in [1.82, 2.24) is 4.90 Å². The molecule has 3 nitrogen and oxygen atoms in total. The molecule has 1 atom stereocenters. The van der Waals surface area contributed by atoms with Crippen molar-refractivity contribution in [2.24, 2.45) is 11.8 Å². The van der Waals surface area contributed by atoms with Gasteiger partial charge in [0.15, 0.2) is 0 Å². The van der Waals surface area contributed by atoms with Crippen molar-refractivity contribution in [2.45, 2.75) is 32.6 Å². The summed E-state index contributed by atoms with van der Waals surface area (Å²) in [5, 5.41) is 9.89. The van der Waals surface area contributed by atoms with Gasteiger partial charge in [0.1, 0.15) is 0 Å². The Balaban J connectivity index is 2.11. The first-order chi connectivity index (χ1) is 10.0. The van der Waals surface area contributed by atoms with E-state index in [9.17, 15) is 9.90 Å². The molecule has 1 heterocycles. The molecule has 0 aliphatic carbocycles. The predicted octanol–water partition coefficient (Wildman–Crippen LogP) is 3.31. The molecule has 1 fully saturated rings. The van der Waals surface area contributed by atoms with E-state index in [2.05, 4.69) is 13.8 Å². The molecule has 2 rings (SSSR count). The van der Waals surface area contributed by atoms with Gasteiger partial charge >= 0.3 is 0 Å². The molecule has 1 aromatic rings. The number of rotatable bonds is 4. The van der Waals surface area contributed by atoms with Gasteiger partial charge in [0, 0.05) is 24.7 Å². The number of aliphatic hydroxyl groups excluding tert-OH is 1. The summed E-state index contributed by atoms with van der Waals surface area (Å²) in [5.41, 5.74) is 1.03. The van der Waals surface area contributed by atoms with Crippen LogP contribution in [-0.2, 0) is 4.79 Å². The zero-order chi connectivity index (χ0) is 15.4. The van der Waals surface area contributed by atoms with Crippen LogP contribution < -0.4 is 0 Å². The molecule has 1 N–H and O–H groups in total. The molecule has 1 amide bonds. The van der Waals surface area contributed by atoms with E-state index in [-0.39, 0.29) is 24.3 Å². The Bertz CT molecular complexity index is 464. The lowest BCUT2D eigenvalue weighted by Crippen LogP contribution is -2.42. The van der Waals surface area contributed by atoms with Crippen LogP contribution in [0, 0.1) is 11.8 Å². The summed E-state index contributed by atoms with van der Waals surface area (Å²) >= 11 is 5.94. The Morgan fingerprint density at radius 2 is 1.86 bits per heavy atom. The monoisotopic (exact) mass is 309 g/mol. The van der Waals surface area contributed by atoms with Gasteiger partial charge in [0.05, 0.1) is 5.92 Å². The summed E-state index contributed by atoms with van der Waals surface area (Å²) < 4.78 is 0. The first-order valence-corrected chi connectivity index (χ1v) is 8.05. The van der Waals surface area contributed by atoms with Gasteiger partial charge in [-0.25, -0.2) is 0 Å². The summed E-state index contributed by atoms with van der Waals surface area (Å²) in [5.74, 6) is 0.674. The van der Waals surface area contributed by atoms with E-state index in [1.807, 2.05) is 29.2 Å². The third-order valence-electron chi connectivity index (χ3n) is 4.35. The molecule has 116 valence electrons. The van der Waals surface area contributed by atoms with E-state index < -0.39 is 0 Å². The highest BCUT2D eigenvalue weighted by Gasteiger charge is 2.30. The lowest BCUT2D eigenvalue weighted by atomic mass is 9.86. The van der Waals surface area contributed by atoms with Gasteiger partial charge in [-0.2, -0.15) is 0 Å². The van der Waals surface area contributed by atoms with E-state index >= 15 is 0 Å². The molecule has 1 aliphatic heterocycles. The van der Waals surface area contributed by atoms with Gasteiger partial charge < -0.3 is 10.0 Å². The van der Waals surface area contributed by atoms with Crippen LogP contribution in [0.2, 0.25) is 5.02 Å². The summed E-state index contributed by atoms with van der Waals surface area (Å²) in [6.45, 7) is 5.89. The lowest BCUT2D eigenvalue weighted by Gasteiger charge is -2.35. The highest BCUT2D eigenvalue weighted by atomic mass is 35.5. The Morgan fingerprint density at radius 3 is 2.33 bits per heavy atom. The Hall–Kier alpha value is -1.06. The summed E-state index contributed by atoms with van der Waals surface area (Å²) in [6, 6.07) is 7.59. The van der Waals surface area contributed by atoms with Gasteiger partial charge in [0.2, 0.25) is 5.91 Å². The Morgan fingerprint density at radius 1 is 1.29 bits per heavy atom. The number of hydrogen-bond donors (Lipinski definition) is 1. The second-order valence-corrected chi connectivity index (χ2v) is 6.66. The molecule has 1 unspecified atom stereocenters. The molecule has 0 bridgehead atoms. The average molecular weight is 310 g/mol. The van der Waals surface area contributed by atoms with Crippen LogP contribution in [0.3, 0.4) is 0 Å². The highest BCUT2D eigenvalue weighted by Crippen LogP contribution is 2.29. The number of piperidine rings is 1. The summed E-state index contributed by atoms with van der Waals surface area (Å²) in [7, 11) is 0. The minimum Gasteiger partial charge on any atom is -0.396 e. The number of benzene rings is 1. The summed E-state index contributed by atoms with van der Waals surface area (Å²) in [4.78, 5) is 14.8. The minimum atomic E-state index is -0.118. The fourth-order valence-electron chi connectivity index (χ4n) is 3.02. The van der Waals surface area contributed by atoms with Gasteiger partial charge in [-0.15, -0.1) is 0 Å². The second-order valence-electron chi connectivity index (χ2n) is 6.22. The van der Waals surface area contributed by atoms with E-state index in [4.69, 9.17) is 11.6 Å². The third-order valence-corrected chi connectivity index (χ3v) is 4.60. The van der Waals surface area contributed by atoms with Gasteiger partial charge in [-0.3, -0.25) is 4.79 Å². The molecule has 0 spiro atoms. The Labute approximate surface area is 131 Å². The number of nitrogens with zero attached hydrogens (tertiary/aromatic N) is 1. The smallest absolute Gasteiger partial charge is 0.230 e. The molecule has 1 aliphatic rings. The molecular weight excluding hydrogens is 286 g/mol. The SMILES string of the molecule is CC(C)C(C(=O)N1CCC(CO)CC1)c1ccc(Cl)cc1. The van der Waals surface area contributed by atoms with Crippen molar-refractivity contribution >= 4 is 17.5 Å². The van der Waals surface area contributed by atoms with Crippen LogP contribution in [0.1, 0.15) is 38.2 Å². The van der Waals surface area contributed by atoms with Gasteiger partial charge in [-0.1, -0.05) is 37.6 Å². The van der Waals surface area contributed by atoms with Gasteiger partial charge in [0.25, 0.3) is 0 Å². The van der Waals surface area contributed by atoms with Crippen LogP contribution in [-0.4, -0.2) is 35.6 Å². The molecule has 0 radical (unpaired) electrons. The molecular formula is C17H24ClNO2. The number of carbonyl (C=O) groups excluding carboxylic acids is 1. The summed E-state index contributed by atoms with van der Waals surface area (Å²) in [6.07, 6.45) is 1.79. The molecule has 4 heteroatoms. The van der Waals surface area contributed by atoms with Crippen LogP contribution in [0.4, 0.5) is 0 Å². The molecule has 0 saturated carbocycles. The maximum Gasteiger partial charge on any atom is 0.230 e. The first kappa shape index (κ1) is 16.3. The lowest BCUT2D eigenvalue weighted by molar-refractivity contribution is -0.135. The van der Waals surface area contributed by atoms with E-state index in [1.165, 1.54) is 0 Å². The van der Waals surface area contributed by atoms with E-state index in [1.54, 1.807) is 0 Å². The van der Waals surface area contributed by atoms with E-state index in [0.717, 1.165) is 31.5 Å². The number of aliphatic hydroxyl groups is 1. The number of hydrogen-bond acceptors (Lipinski definition) is 2. The van der Waals surface area contributed by atoms with Crippen molar-refractivity contribution in [3.05, 3.63) is 34.9 Å². The van der Waals surface area contributed by atoms with Crippen molar-refractivity contribution in [1.29, 1.82) is 0 Å². The molecule has 0 aromatic heterocycles. The maximum atomic E-state index is 12.9. The second kappa shape index (κ2) is 7.28. The largest absolute Gasteiger partial charge is 0.396 e. The predicted molar refractivity (Wildman–Crippen MR) is 85.4 cm³/mol. The van der Waals surface area contributed by atoms with Crippen molar-refractivity contribution in [3.8, 4) is 0 Å². The Kier molecular flexibility index (Phi) is 5.65. The fraction of sp³-hybridized carbons (Fsp3) is 0.588. The molecule has 21 heavy (non-hydrogen) atoms.